The number of methoxy groups -OCH3 is 3. The number of carbonyl (C=O) groups excluding carboxylic acids is 2. The number of hydrogen-bond acceptors (Lipinski definition) is 13. The second-order valence-electron chi connectivity index (χ2n) is 14.6. The first-order chi connectivity index (χ1) is 29.1. The van der Waals surface area contributed by atoms with Crippen molar-refractivity contribution in [2.24, 2.45) is 0 Å². The molecule has 0 spiro atoms. The number of benzene rings is 4. The van der Waals surface area contributed by atoms with Gasteiger partial charge in [0.2, 0.25) is 10.0 Å². The standard InChI is InChI=1S/C44H47N5O10S2/c1-44(2,3)27-20-36(41(55-5)37(21-27)49-61(7,52)53)48-43(51)47-35-13-14-38(34-11-9-8-10-33(34)35)59-29-16-17-45-40(25-29)46-28-22-30(54-4)24-31(23-28)58-19-18-57-26-32-12-15-39(60-32)42(50)56-6/h8-17,20-25,49H,18-19,26H2,1-7H3,(H,45,46)(H2,47,48,51). The van der Waals surface area contributed by atoms with Crippen LogP contribution in [0, 0.1) is 0 Å². The number of nitrogens with one attached hydrogen (secondary N) is 4. The smallest absolute Gasteiger partial charge is 0.348 e. The summed E-state index contributed by atoms with van der Waals surface area (Å²) in [5, 5.41) is 10.5. The van der Waals surface area contributed by atoms with Gasteiger partial charge in [-0.1, -0.05) is 45.0 Å². The Kier molecular flexibility index (Phi) is 13.9. The highest BCUT2D eigenvalue weighted by molar-refractivity contribution is 7.92. The van der Waals surface area contributed by atoms with Crippen LogP contribution in [0.3, 0.4) is 0 Å². The van der Waals surface area contributed by atoms with E-state index in [1.165, 1.54) is 25.6 Å². The minimum Gasteiger partial charge on any atom is -0.497 e. The molecule has 0 aliphatic heterocycles. The molecule has 0 unspecified atom stereocenters. The van der Waals surface area contributed by atoms with Crippen LogP contribution in [-0.2, 0) is 31.5 Å². The normalized spacial score (nSPS) is 11.4. The molecule has 0 fully saturated rings. The number of pyridine rings is 1. The van der Waals surface area contributed by atoms with E-state index in [-0.39, 0.29) is 35.1 Å². The van der Waals surface area contributed by atoms with E-state index in [0.29, 0.717) is 63.7 Å². The van der Waals surface area contributed by atoms with E-state index >= 15 is 0 Å². The zero-order chi connectivity index (χ0) is 43.7. The van der Waals surface area contributed by atoms with Gasteiger partial charge in [-0.25, -0.2) is 23.0 Å². The number of carbonyl (C=O) groups is 2. The SMILES string of the molecule is COC(=O)c1ccc(COCCOc2cc(Nc3cc(Oc4ccc(NC(=O)Nc5cc(C(C)(C)C)cc(NS(C)(=O)=O)c5OC)c5ccccc45)ccn3)cc(OC)c2)s1. The number of ether oxygens (including phenoxy) is 6. The second kappa shape index (κ2) is 19.2. The lowest BCUT2D eigenvalue weighted by Gasteiger charge is -2.24. The van der Waals surface area contributed by atoms with E-state index in [9.17, 15) is 18.0 Å². The minimum atomic E-state index is -3.65. The molecule has 2 heterocycles. The Labute approximate surface area is 358 Å². The van der Waals surface area contributed by atoms with E-state index in [1.54, 1.807) is 61.8 Å². The number of urea groups is 1. The molecule has 15 nitrogen and oxygen atoms in total. The molecule has 2 amide bonds. The molecule has 4 aromatic carbocycles. The number of fused-ring (bicyclic) bond motifs is 1. The molecule has 0 bridgehead atoms. The number of amides is 2. The van der Waals surface area contributed by atoms with Crippen LogP contribution < -0.4 is 39.6 Å². The zero-order valence-corrected chi connectivity index (χ0v) is 36.3. The Bertz CT molecular complexity index is 2640. The minimum absolute atomic E-state index is 0.166. The molecule has 0 atom stereocenters. The topological polar surface area (TPSA) is 185 Å². The molecule has 0 aliphatic rings. The second-order valence-corrected chi connectivity index (χ2v) is 17.5. The summed E-state index contributed by atoms with van der Waals surface area (Å²) in [6.07, 6.45) is 2.67. The Morgan fingerprint density at radius 2 is 1.51 bits per heavy atom. The summed E-state index contributed by atoms with van der Waals surface area (Å²) in [4.78, 5) is 31.1. The number of thiophene rings is 1. The van der Waals surface area contributed by atoms with Crippen LogP contribution in [0.15, 0.2) is 97.2 Å². The van der Waals surface area contributed by atoms with Gasteiger partial charge in [-0.2, -0.15) is 0 Å². The molecule has 0 aliphatic carbocycles. The highest BCUT2D eigenvalue weighted by Gasteiger charge is 2.23. The Morgan fingerprint density at radius 1 is 0.770 bits per heavy atom. The Hall–Kier alpha value is -6.56. The lowest BCUT2D eigenvalue weighted by molar-refractivity contribution is 0.0606. The predicted octanol–water partition coefficient (Wildman–Crippen LogP) is 9.54. The summed E-state index contributed by atoms with van der Waals surface area (Å²) in [5.74, 6) is 2.47. The molecular formula is C44H47N5O10S2. The first-order valence-electron chi connectivity index (χ1n) is 18.9. The van der Waals surface area contributed by atoms with Gasteiger partial charge in [0.1, 0.15) is 40.3 Å². The van der Waals surface area contributed by atoms with E-state index in [2.05, 4.69) is 25.7 Å². The maximum absolute atomic E-state index is 13.5. The third-order valence-electron chi connectivity index (χ3n) is 8.97. The van der Waals surface area contributed by atoms with Crippen LogP contribution in [0.2, 0.25) is 0 Å². The number of hydrogen-bond donors (Lipinski definition) is 4. The van der Waals surface area contributed by atoms with Crippen molar-refractivity contribution in [2.45, 2.75) is 32.8 Å². The lowest BCUT2D eigenvalue weighted by Crippen LogP contribution is -2.22. The fourth-order valence-corrected chi connectivity index (χ4v) is 7.53. The summed E-state index contributed by atoms with van der Waals surface area (Å²) in [6.45, 7) is 6.88. The maximum atomic E-state index is 13.5. The van der Waals surface area contributed by atoms with Gasteiger partial charge >= 0.3 is 12.0 Å². The molecule has 17 heteroatoms. The van der Waals surface area contributed by atoms with Crippen LogP contribution in [0.5, 0.6) is 28.7 Å². The lowest BCUT2D eigenvalue weighted by atomic mass is 9.86. The summed E-state index contributed by atoms with van der Waals surface area (Å²) in [6, 6.07) is 26.3. The summed E-state index contributed by atoms with van der Waals surface area (Å²) >= 11 is 1.32. The number of sulfonamides is 1. The first-order valence-corrected chi connectivity index (χ1v) is 21.6. The largest absolute Gasteiger partial charge is 0.497 e. The van der Waals surface area contributed by atoms with Crippen LogP contribution in [0.4, 0.5) is 33.4 Å². The number of aromatic nitrogens is 1. The van der Waals surface area contributed by atoms with Gasteiger partial charge in [-0.3, -0.25) is 4.72 Å². The van der Waals surface area contributed by atoms with E-state index < -0.39 is 16.1 Å². The molecule has 0 saturated heterocycles. The molecule has 0 radical (unpaired) electrons. The average molecular weight is 870 g/mol. The number of rotatable bonds is 17. The number of nitrogens with zero attached hydrogens (tertiary/aromatic N) is 1. The highest BCUT2D eigenvalue weighted by Crippen LogP contribution is 2.40. The van der Waals surface area contributed by atoms with Gasteiger partial charge in [0.05, 0.1) is 57.9 Å². The quantitative estimate of drug-likeness (QED) is 0.0504. The third-order valence-corrected chi connectivity index (χ3v) is 10.6. The number of esters is 1. The predicted molar refractivity (Wildman–Crippen MR) is 238 cm³/mol. The molecule has 0 saturated carbocycles. The van der Waals surface area contributed by atoms with Gasteiger partial charge in [-0.05, 0) is 53.4 Å². The molecule has 320 valence electrons. The van der Waals surface area contributed by atoms with Gasteiger partial charge in [0.25, 0.3) is 0 Å². The molecule has 61 heavy (non-hydrogen) atoms. The van der Waals surface area contributed by atoms with Crippen molar-refractivity contribution < 1.29 is 46.4 Å². The molecule has 2 aromatic heterocycles. The van der Waals surface area contributed by atoms with Crippen molar-refractivity contribution >= 4 is 72.7 Å². The molecule has 4 N–H and O–H groups in total. The van der Waals surface area contributed by atoms with Crippen molar-refractivity contribution in [1.82, 2.24) is 4.98 Å². The number of anilines is 5. The van der Waals surface area contributed by atoms with E-state index in [0.717, 1.165) is 22.1 Å². The average Bonchev–Trinajstić information content (AvgIpc) is 3.69. The Balaban J connectivity index is 1.12. The summed E-state index contributed by atoms with van der Waals surface area (Å²) < 4.78 is 60.8. The van der Waals surface area contributed by atoms with Gasteiger partial charge in [0.15, 0.2) is 5.75 Å². The zero-order valence-electron chi connectivity index (χ0n) is 34.7. The Morgan fingerprint density at radius 3 is 2.23 bits per heavy atom. The molecule has 6 aromatic rings. The van der Waals surface area contributed by atoms with Crippen molar-refractivity contribution in [2.75, 3.05) is 61.5 Å². The van der Waals surface area contributed by atoms with Crippen molar-refractivity contribution in [3.63, 3.8) is 0 Å². The monoisotopic (exact) mass is 869 g/mol. The molecular weight excluding hydrogens is 823 g/mol. The fraction of sp³-hybridized carbons (Fsp3) is 0.250. The van der Waals surface area contributed by atoms with Crippen molar-refractivity contribution in [3.8, 4) is 28.7 Å². The van der Waals surface area contributed by atoms with Gasteiger partial charge in [-0.15, -0.1) is 11.3 Å². The highest BCUT2D eigenvalue weighted by atomic mass is 32.2. The summed E-state index contributed by atoms with van der Waals surface area (Å²) in [7, 11) is 0.673. The van der Waals surface area contributed by atoms with Crippen LogP contribution in [0.25, 0.3) is 10.8 Å². The first kappa shape index (κ1) is 44.0. The van der Waals surface area contributed by atoms with Gasteiger partial charge < -0.3 is 44.4 Å². The van der Waals surface area contributed by atoms with Crippen LogP contribution in [0.1, 0.15) is 40.9 Å². The van der Waals surface area contributed by atoms with Crippen molar-refractivity contribution in [1.29, 1.82) is 0 Å². The fourth-order valence-electron chi connectivity index (χ4n) is 6.12. The maximum Gasteiger partial charge on any atom is 0.348 e. The van der Waals surface area contributed by atoms with E-state index in [1.807, 2.05) is 63.2 Å². The summed E-state index contributed by atoms with van der Waals surface area (Å²) in [5.41, 5.74) is 2.08. The van der Waals surface area contributed by atoms with Crippen LogP contribution in [-0.4, -0.2) is 66.2 Å². The molecule has 6 rings (SSSR count). The van der Waals surface area contributed by atoms with Crippen LogP contribution >= 0.6 is 11.3 Å². The van der Waals surface area contributed by atoms with Crippen molar-refractivity contribution in [3.05, 3.63) is 113 Å². The van der Waals surface area contributed by atoms with Gasteiger partial charge in [0, 0.05) is 51.8 Å². The third kappa shape index (κ3) is 11.8. The van der Waals surface area contributed by atoms with E-state index in [4.69, 9.17) is 28.4 Å².